The minimum Gasteiger partial charge on any atom is -0.464 e. The number of aryl methyl sites for hydroxylation is 2. The highest BCUT2D eigenvalue weighted by atomic mass is 79.9. The average Bonchev–Trinajstić information content (AvgIpc) is 3.54. The molecule has 200 valence electrons. The first-order valence-corrected chi connectivity index (χ1v) is 13.0. The summed E-state index contributed by atoms with van der Waals surface area (Å²) in [6, 6.07) is 7.49. The van der Waals surface area contributed by atoms with Crippen molar-refractivity contribution in [2.24, 2.45) is 0 Å². The molecule has 0 bridgehead atoms. The third kappa shape index (κ3) is 8.85. The van der Waals surface area contributed by atoms with E-state index in [-0.39, 0.29) is 23.0 Å². The second kappa shape index (κ2) is 14.5. The van der Waals surface area contributed by atoms with Crippen LogP contribution in [0.5, 0.6) is 0 Å². The Labute approximate surface area is 235 Å². The molecule has 0 spiro atoms. The summed E-state index contributed by atoms with van der Waals surface area (Å²) in [5.74, 6) is -1.04. The summed E-state index contributed by atoms with van der Waals surface area (Å²) in [5.41, 5.74) is 11.6. The lowest BCUT2D eigenvalue weighted by Gasteiger charge is -2.03. The van der Waals surface area contributed by atoms with E-state index in [1.807, 2.05) is 32.0 Å². The first kappa shape index (κ1) is 30.8. The molecule has 0 aliphatic carbocycles. The minimum absolute atomic E-state index is 0.0203. The lowest BCUT2D eigenvalue weighted by molar-refractivity contribution is 0.0586. The highest BCUT2D eigenvalue weighted by Crippen LogP contribution is 2.26. The molecule has 0 aliphatic rings. The van der Waals surface area contributed by atoms with Crippen LogP contribution in [0.4, 0.5) is 11.6 Å². The molecular weight excluding hydrogens is 599 g/mol. The van der Waals surface area contributed by atoms with Gasteiger partial charge in [0.25, 0.3) is 0 Å². The van der Waals surface area contributed by atoms with Crippen molar-refractivity contribution in [2.45, 2.75) is 13.8 Å². The number of methoxy groups -OCH3 is 2. The van der Waals surface area contributed by atoms with Gasteiger partial charge in [-0.3, -0.25) is 0 Å². The van der Waals surface area contributed by atoms with Crippen LogP contribution in [-0.2, 0) is 9.47 Å². The van der Waals surface area contributed by atoms with Gasteiger partial charge < -0.3 is 31.0 Å². The van der Waals surface area contributed by atoms with Crippen molar-refractivity contribution in [2.75, 3.05) is 25.7 Å². The van der Waals surface area contributed by atoms with Crippen LogP contribution in [-0.4, -0.2) is 63.3 Å². The van der Waals surface area contributed by atoms with Crippen LogP contribution in [0.15, 0.2) is 41.3 Å². The van der Waals surface area contributed by atoms with Crippen LogP contribution in [0, 0.1) is 13.8 Å². The SMILES string of the molecule is COC(=O)c1nc(-c2ccc(C)s2)cnc1N.COC(=O)c1nc(Br)cnc1N.Cc1ccc(B(O)O)s1. The van der Waals surface area contributed by atoms with Crippen LogP contribution < -0.4 is 16.2 Å². The Balaban J connectivity index is 0.000000212. The predicted octanol–water partition coefficient (Wildman–Crippen LogP) is 2.23. The molecule has 0 aliphatic heterocycles. The monoisotopic (exact) mass is 622 g/mol. The van der Waals surface area contributed by atoms with Gasteiger partial charge >= 0.3 is 19.1 Å². The fourth-order valence-electron chi connectivity index (χ4n) is 2.55. The lowest BCUT2D eigenvalue weighted by Crippen LogP contribution is -2.26. The first-order valence-electron chi connectivity index (χ1n) is 10.5. The molecule has 0 fully saturated rings. The smallest absolute Gasteiger partial charge is 0.464 e. The average molecular weight is 623 g/mol. The van der Waals surface area contributed by atoms with Gasteiger partial charge in [0.2, 0.25) is 0 Å². The quantitative estimate of drug-likeness (QED) is 0.191. The third-order valence-corrected chi connectivity index (χ3v) is 6.78. The van der Waals surface area contributed by atoms with Crippen molar-refractivity contribution < 1.29 is 29.1 Å². The number of anilines is 2. The van der Waals surface area contributed by atoms with E-state index in [1.165, 1.54) is 36.6 Å². The first-order chi connectivity index (χ1) is 18.0. The van der Waals surface area contributed by atoms with Crippen LogP contribution in [0.3, 0.4) is 0 Å². The number of nitrogens with two attached hydrogens (primary N) is 2. The molecule has 12 nitrogen and oxygen atoms in total. The number of thiophene rings is 2. The fraction of sp³-hybridized carbons (Fsp3) is 0.182. The van der Waals surface area contributed by atoms with Gasteiger partial charge in [-0.1, -0.05) is 6.07 Å². The Morgan fingerprint density at radius 1 is 0.868 bits per heavy atom. The number of rotatable bonds is 4. The van der Waals surface area contributed by atoms with E-state index in [2.05, 4.69) is 45.3 Å². The highest BCUT2D eigenvalue weighted by molar-refractivity contribution is 9.10. The Hall–Kier alpha value is -3.44. The molecule has 4 aromatic rings. The summed E-state index contributed by atoms with van der Waals surface area (Å²) in [5, 5.41) is 17.2. The van der Waals surface area contributed by atoms with E-state index in [9.17, 15) is 9.59 Å². The van der Waals surface area contributed by atoms with Crippen molar-refractivity contribution in [3.63, 3.8) is 0 Å². The van der Waals surface area contributed by atoms with Gasteiger partial charge in [-0.05, 0) is 48.0 Å². The number of ether oxygens (including phenoxy) is 2. The Kier molecular flexibility index (Phi) is 11.7. The molecule has 6 N–H and O–H groups in total. The molecule has 16 heteroatoms. The van der Waals surface area contributed by atoms with Crippen LogP contribution in [0.2, 0.25) is 0 Å². The topological polar surface area (TPSA) is 197 Å². The lowest BCUT2D eigenvalue weighted by atomic mass is 9.90. The van der Waals surface area contributed by atoms with Crippen LogP contribution >= 0.6 is 38.6 Å². The zero-order chi connectivity index (χ0) is 28.4. The number of nitrogen functional groups attached to an aromatic ring is 2. The second-order valence-electron chi connectivity index (χ2n) is 7.13. The van der Waals surface area contributed by atoms with Crippen LogP contribution in [0.1, 0.15) is 30.7 Å². The summed E-state index contributed by atoms with van der Waals surface area (Å²) in [6.07, 6.45) is 2.95. The molecule has 0 atom stereocenters. The third-order valence-electron chi connectivity index (χ3n) is 4.34. The largest absolute Gasteiger partial charge is 0.499 e. The summed E-state index contributed by atoms with van der Waals surface area (Å²) in [4.78, 5) is 41.2. The molecule has 4 heterocycles. The molecule has 4 aromatic heterocycles. The van der Waals surface area contributed by atoms with E-state index in [4.69, 9.17) is 21.5 Å². The molecule has 0 saturated heterocycles. The van der Waals surface area contributed by atoms with E-state index in [0.29, 0.717) is 15.1 Å². The standard InChI is InChI=1S/C11H11N3O2S.C6H6BrN3O2.C5H7BO2S/c1-6-3-4-8(17-6)7-5-13-10(12)9(14-7)11(15)16-2;1-12-6(11)4-5(8)9-2-3(7)10-4;1-4-2-3-5(9-4)6(7)8/h3-5H,1-2H3,(H2,12,13);2H,1H3,(H2,8,9);2-3,7-8H,1H3. The van der Waals surface area contributed by atoms with Gasteiger partial charge in [-0.2, -0.15) is 0 Å². The maximum absolute atomic E-state index is 11.4. The van der Waals surface area contributed by atoms with E-state index >= 15 is 0 Å². The van der Waals surface area contributed by atoms with Crippen molar-refractivity contribution in [1.29, 1.82) is 0 Å². The second-order valence-corrected chi connectivity index (χ2v) is 10.6. The zero-order valence-electron chi connectivity index (χ0n) is 20.7. The van der Waals surface area contributed by atoms with Crippen molar-refractivity contribution in [1.82, 2.24) is 19.9 Å². The molecule has 4 rings (SSSR count). The van der Waals surface area contributed by atoms with Gasteiger partial charge in [0.05, 0.1) is 37.2 Å². The van der Waals surface area contributed by atoms with Gasteiger partial charge in [0, 0.05) is 14.5 Å². The van der Waals surface area contributed by atoms with E-state index in [1.54, 1.807) is 23.6 Å². The number of carbonyl (C=O) groups is 2. The van der Waals surface area contributed by atoms with E-state index < -0.39 is 19.1 Å². The summed E-state index contributed by atoms with van der Waals surface area (Å²) < 4.78 is 10.1. The molecule has 38 heavy (non-hydrogen) atoms. The van der Waals surface area contributed by atoms with Crippen molar-refractivity contribution >= 4 is 74.1 Å². The predicted molar refractivity (Wildman–Crippen MR) is 150 cm³/mol. The van der Waals surface area contributed by atoms with E-state index in [0.717, 1.165) is 9.75 Å². The number of hydrogen-bond acceptors (Lipinski definition) is 14. The number of aromatic nitrogens is 4. The molecule has 0 radical (unpaired) electrons. The number of esters is 2. The highest BCUT2D eigenvalue weighted by Gasteiger charge is 2.16. The maximum Gasteiger partial charge on any atom is 0.499 e. The molecule has 0 saturated carbocycles. The van der Waals surface area contributed by atoms with Gasteiger partial charge in [-0.15, -0.1) is 22.7 Å². The summed E-state index contributed by atoms with van der Waals surface area (Å²) >= 11 is 6.03. The Morgan fingerprint density at radius 3 is 1.84 bits per heavy atom. The Morgan fingerprint density at radius 2 is 1.39 bits per heavy atom. The zero-order valence-corrected chi connectivity index (χ0v) is 23.9. The fourth-order valence-corrected chi connectivity index (χ4v) is 4.40. The van der Waals surface area contributed by atoms with Crippen molar-refractivity contribution in [3.05, 3.63) is 62.4 Å². The number of nitrogens with zero attached hydrogens (tertiary/aromatic N) is 4. The minimum atomic E-state index is -1.30. The van der Waals surface area contributed by atoms with Gasteiger partial charge in [0.15, 0.2) is 23.0 Å². The molecule has 0 amide bonds. The van der Waals surface area contributed by atoms with Gasteiger partial charge in [0.1, 0.15) is 4.60 Å². The summed E-state index contributed by atoms with van der Waals surface area (Å²) in [7, 11) is 1.24. The molecular formula is C22H24BBrN6O6S2. The summed E-state index contributed by atoms with van der Waals surface area (Å²) in [6.45, 7) is 3.93. The van der Waals surface area contributed by atoms with Crippen LogP contribution in [0.25, 0.3) is 10.6 Å². The number of halogens is 1. The Bertz CT molecular complexity index is 1400. The number of carbonyl (C=O) groups excluding carboxylic acids is 2. The normalized spacial score (nSPS) is 9.87. The number of hydrogen-bond donors (Lipinski definition) is 4. The van der Waals surface area contributed by atoms with Gasteiger partial charge in [-0.25, -0.2) is 29.5 Å². The maximum atomic E-state index is 11.4. The van der Waals surface area contributed by atoms with Crippen molar-refractivity contribution in [3.8, 4) is 10.6 Å². The molecule has 0 unspecified atom stereocenters. The molecule has 0 aromatic carbocycles.